The second kappa shape index (κ2) is 5.36. The van der Waals surface area contributed by atoms with Crippen LogP contribution in [0.1, 0.15) is 10.4 Å². The molecule has 0 aliphatic carbocycles. The van der Waals surface area contributed by atoms with Crippen molar-refractivity contribution in [1.82, 2.24) is 0 Å². The van der Waals surface area contributed by atoms with Crippen LogP contribution in [0.2, 0.25) is 0 Å². The molecule has 0 saturated carbocycles. The maximum atomic E-state index is 13.6. The zero-order chi connectivity index (χ0) is 14.0. The third-order valence-electron chi connectivity index (χ3n) is 2.44. The van der Waals surface area contributed by atoms with E-state index in [1.54, 1.807) is 6.07 Å². The van der Waals surface area contributed by atoms with E-state index in [2.05, 4.69) is 21.2 Å². The molecule has 0 radical (unpaired) electrons. The Morgan fingerprint density at radius 3 is 2.58 bits per heavy atom. The van der Waals surface area contributed by atoms with Gasteiger partial charge in [0.2, 0.25) is 0 Å². The number of carbonyl (C=O) groups excluding carboxylic acids is 1. The Morgan fingerprint density at radius 1 is 1.16 bits per heavy atom. The third kappa shape index (κ3) is 3.08. The lowest BCUT2D eigenvalue weighted by atomic mass is 10.1. The highest BCUT2D eigenvalue weighted by molar-refractivity contribution is 9.10. The van der Waals surface area contributed by atoms with E-state index in [4.69, 9.17) is 5.73 Å². The van der Waals surface area contributed by atoms with E-state index < -0.39 is 17.5 Å². The van der Waals surface area contributed by atoms with Gasteiger partial charge in [0.05, 0.1) is 11.3 Å². The average molecular weight is 327 g/mol. The Bertz CT molecular complexity index is 647. The molecule has 0 fully saturated rings. The third-order valence-corrected chi connectivity index (χ3v) is 2.93. The van der Waals surface area contributed by atoms with Crippen LogP contribution >= 0.6 is 15.9 Å². The van der Waals surface area contributed by atoms with Gasteiger partial charge in [0.1, 0.15) is 11.6 Å². The summed E-state index contributed by atoms with van der Waals surface area (Å²) in [5.41, 5.74) is 5.66. The second-order valence-electron chi connectivity index (χ2n) is 3.81. The number of benzene rings is 2. The van der Waals surface area contributed by atoms with E-state index >= 15 is 0 Å². The fourth-order valence-corrected chi connectivity index (χ4v) is 1.84. The fraction of sp³-hybridized carbons (Fsp3) is 0. The molecule has 19 heavy (non-hydrogen) atoms. The lowest BCUT2D eigenvalue weighted by molar-refractivity contribution is 0.102. The van der Waals surface area contributed by atoms with E-state index in [1.165, 1.54) is 18.2 Å². The minimum absolute atomic E-state index is 0.00291. The van der Waals surface area contributed by atoms with Crippen molar-refractivity contribution in [2.45, 2.75) is 0 Å². The summed E-state index contributed by atoms with van der Waals surface area (Å²) in [6, 6.07) is 7.61. The van der Waals surface area contributed by atoms with Gasteiger partial charge in [-0.25, -0.2) is 8.78 Å². The Balaban J connectivity index is 2.28. The molecule has 2 aromatic carbocycles. The van der Waals surface area contributed by atoms with Crippen LogP contribution < -0.4 is 11.1 Å². The molecule has 2 rings (SSSR count). The summed E-state index contributed by atoms with van der Waals surface area (Å²) in [5, 5.41) is 2.34. The van der Waals surface area contributed by atoms with Gasteiger partial charge in [0.15, 0.2) is 0 Å². The Kier molecular flexibility index (Phi) is 3.80. The first-order valence-corrected chi connectivity index (χ1v) is 6.08. The van der Waals surface area contributed by atoms with Gasteiger partial charge in [-0.05, 0) is 36.4 Å². The molecule has 2 aromatic rings. The highest BCUT2D eigenvalue weighted by Gasteiger charge is 2.13. The smallest absolute Gasteiger partial charge is 0.257 e. The predicted octanol–water partition coefficient (Wildman–Crippen LogP) is 3.56. The SMILES string of the molecule is Nc1ccc(F)cc1C(=O)Nc1ccc(Br)cc1F. The average Bonchev–Trinajstić information content (AvgIpc) is 2.35. The Hall–Kier alpha value is -1.95. The van der Waals surface area contributed by atoms with Gasteiger partial charge in [-0.1, -0.05) is 15.9 Å². The normalized spacial score (nSPS) is 10.3. The lowest BCUT2D eigenvalue weighted by Crippen LogP contribution is -2.15. The minimum atomic E-state index is -0.668. The second-order valence-corrected chi connectivity index (χ2v) is 4.73. The number of rotatable bonds is 2. The van der Waals surface area contributed by atoms with Crippen molar-refractivity contribution in [2.75, 3.05) is 11.1 Å². The number of anilines is 2. The highest BCUT2D eigenvalue weighted by Crippen LogP contribution is 2.21. The number of halogens is 3. The summed E-state index contributed by atoms with van der Waals surface area (Å²) in [6.45, 7) is 0. The molecular weight excluding hydrogens is 318 g/mol. The van der Waals surface area contributed by atoms with E-state index in [0.717, 1.165) is 12.1 Å². The number of carbonyl (C=O) groups is 1. The molecule has 1 amide bonds. The molecule has 0 atom stereocenters. The van der Waals surface area contributed by atoms with Gasteiger partial charge in [0, 0.05) is 10.2 Å². The van der Waals surface area contributed by atoms with Gasteiger partial charge < -0.3 is 11.1 Å². The van der Waals surface area contributed by atoms with Crippen molar-refractivity contribution in [3.05, 3.63) is 58.1 Å². The maximum absolute atomic E-state index is 13.6. The number of nitrogens with two attached hydrogens (primary N) is 1. The largest absolute Gasteiger partial charge is 0.398 e. The molecule has 0 aromatic heterocycles. The quantitative estimate of drug-likeness (QED) is 0.829. The summed E-state index contributed by atoms with van der Waals surface area (Å²) < 4.78 is 27.2. The van der Waals surface area contributed by atoms with E-state index in [9.17, 15) is 13.6 Å². The molecule has 0 spiro atoms. The van der Waals surface area contributed by atoms with E-state index in [-0.39, 0.29) is 16.9 Å². The van der Waals surface area contributed by atoms with Crippen LogP contribution in [0, 0.1) is 11.6 Å². The minimum Gasteiger partial charge on any atom is -0.398 e. The summed E-state index contributed by atoms with van der Waals surface area (Å²) in [7, 11) is 0. The zero-order valence-corrected chi connectivity index (χ0v) is 11.2. The van der Waals surface area contributed by atoms with Crippen molar-refractivity contribution in [3.63, 3.8) is 0 Å². The van der Waals surface area contributed by atoms with Crippen molar-refractivity contribution in [3.8, 4) is 0 Å². The number of nitrogens with one attached hydrogen (secondary N) is 1. The molecule has 3 N–H and O–H groups in total. The van der Waals surface area contributed by atoms with Gasteiger partial charge in [0.25, 0.3) is 5.91 Å². The van der Waals surface area contributed by atoms with Crippen LogP contribution in [0.4, 0.5) is 20.2 Å². The van der Waals surface area contributed by atoms with Crippen LogP contribution in [-0.4, -0.2) is 5.91 Å². The first kappa shape index (κ1) is 13.5. The standard InChI is InChI=1S/C13H9BrF2N2O/c14-7-1-4-12(10(16)5-7)18-13(19)9-6-8(15)2-3-11(9)17/h1-6H,17H2,(H,18,19). The zero-order valence-electron chi connectivity index (χ0n) is 9.58. The molecule has 0 bridgehead atoms. The van der Waals surface area contributed by atoms with Gasteiger partial charge in [-0.3, -0.25) is 4.79 Å². The molecule has 6 heteroatoms. The van der Waals surface area contributed by atoms with Crippen LogP contribution in [0.25, 0.3) is 0 Å². The Morgan fingerprint density at radius 2 is 1.89 bits per heavy atom. The van der Waals surface area contributed by atoms with Crippen molar-refractivity contribution < 1.29 is 13.6 Å². The number of hydrogen-bond acceptors (Lipinski definition) is 2. The number of hydrogen-bond donors (Lipinski definition) is 2. The van der Waals surface area contributed by atoms with Crippen molar-refractivity contribution in [2.24, 2.45) is 0 Å². The number of nitrogen functional groups attached to an aromatic ring is 1. The van der Waals surface area contributed by atoms with Crippen LogP contribution in [-0.2, 0) is 0 Å². The summed E-state index contributed by atoms with van der Waals surface area (Å²) in [5.74, 6) is -1.86. The van der Waals surface area contributed by atoms with Crippen LogP contribution in [0.15, 0.2) is 40.9 Å². The van der Waals surface area contributed by atoms with Gasteiger partial charge in [-0.2, -0.15) is 0 Å². The van der Waals surface area contributed by atoms with E-state index in [1.807, 2.05) is 0 Å². The monoisotopic (exact) mass is 326 g/mol. The number of amides is 1. The fourth-order valence-electron chi connectivity index (χ4n) is 1.51. The van der Waals surface area contributed by atoms with Gasteiger partial charge >= 0.3 is 0 Å². The molecular formula is C13H9BrF2N2O. The lowest BCUT2D eigenvalue weighted by Gasteiger charge is -2.08. The predicted molar refractivity (Wildman–Crippen MR) is 72.9 cm³/mol. The first-order valence-electron chi connectivity index (χ1n) is 5.29. The molecule has 3 nitrogen and oxygen atoms in total. The van der Waals surface area contributed by atoms with Crippen LogP contribution in [0.5, 0.6) is 0 Å². The molecule has 98 valence electrons. The maximum Gasteiger partial charge on any atom is 0.257 e. The molecule has 0 aliphatic heterocycles. The highest BCUT2D eigenvalue weighted by atomic mass is 79.9. The molecule has 0 saturated heterocycles. The topological polar surface area (TPSA) is 55.1 Å². The van der Waals surface area contributed by atoms with Crippen molar-refractivity contribution in [1.29, 1.82) is 0 Å². The van der Waals surface area contributed by atoms with Crippen LogP contribution in [0.3, 0.4) is 0 Å². The molecule has 0 aliphatic rings. The Labute approximate surface area is 116 Å². The summed E-state index contributed by atoms with van der Waals surface area (Å²) in [4.78, 5) is 11.9. The molecule has 0 heterocycles. The summed E-state index contributed by atoms with van der Waals surface area (Å²) in [6.07, 6.45) is 0. The molecule has 0 unspecified atom stereocenters. The van der Waals surface area contributed by atoms with Crippen molar-refractivity contribution >= 4 is 33.2 Å². The van der Waals surface area contributed by atoms with E-state index in [0.29, 0.717) is 4.47 Å². The van der Waals surface area contributed by atoms with Gasteiger partial charge in [-0.15, -0.1) is 0 Å². The summed E-state index contributed by atoms with van der Waals surface area (Å²) >= 11 is 3.11. The first-order chi connectivity index (χ1) is 8.97.